The Balaban J connectivity index is 1.68. The highest BCUT2D eigenvalue weighted by atomic mass is 32.1. The van der Waals surface area contributed by atoms with Crippen LogP contribution in [0.25, 0.3) is 0 Å². The number of rotatable bonds is 4. The molecule has 1 N–H and O–H groups in total. The van der Waals surface area contributed by atoms with Gasteiger partial charge in [0.05, 0.1) is 6.04 Å². The summed E-state index contributed by atoms with van der Waals surface area (Å²) in [7, 11) is 0. The van der Waals surface area contributed by atoms with Gasteiger partial charge in [0.25, 0.3) is 0 Å². The lowest BCUT2D eigenvalue weighted by Gasteiger charge is -2.24. The maximum atomic E-state index is 5.86. The quantitative estimate of drug-likeness (QED) is 0.857. The summed E-state index contributed by atoms with van der Waals surface area (Å²) < 4.78 is 5.86. The Bertz CT molecular complexity index is 597. The molecule has 1 unspecified atom stereocenters. The lowest BCUT2D eigenvalue weighted by molar-refractivity contribution is 0.306. The highest BCUT2D eigenvalue weighted by Crippen LogP contribution is 2.28. The summed E-state index contributed by atoms with van der Waals surface area (Å²) in [6, 6.07) is 16.8. The Kier molecular flexibility index (Phi) is 3.97. The lowest BCUT2D eigenvalue weighted by Crippen LogP contribution is -2.25. The molecule has 0 aliphatic carbocycles. The molecule has 1 atom stereocenters. The summed E-state index contributed by atoms with van der Waals surface area (Å²) in [6.45, 7) is 0.607. The molecule has 2 aromatic rings. The van der Waals surface area contributed by atoms with Gasteiger partial charge in [-0.2, -0.15) is 0 Å². The first-order valence-corrected chi connectivity index (χ1v) is 7.34. The maximum Gasteiger partial charge on any atom is 0.120 e. The molecule has 3 heteroatoms. The van der Waals surface area contributed by atoms with E-state index in [1.165, 1.54) is 16.8 Å². The first-order chi connectivity index (χ1) is 9.85. The third-order valence-corrected chi connectivity index (χ3v) is 3.88. The summed E-state index contributed by atoms with van der Waals surface area (Å²) in [5, 5.41) is 5.24. The molecule has 0 saturated heterocycles. The predicted molar refractivity (Wildman–Crippen MR) is 86.6 cm³/mol. The summed E-state index contributed by atoms with van der Waals surface area (Å²) in [4.78, 5) is 0. The van der Waals surface area contributed by atoms with Crippen LogP contribution in [0.15, 0.2) is 48.5 Å². The SMILES string of the molecule is S=CC1CCc2cc(OCc3ccccc3)ccc2N1. The number of thiocarbonyl (C=S) groups is 1. The molecular weight excluding hydrogens is 266 g/mol. The zero-order valence-corrected chi connectivity index (χ0v) is 12.0. The van der Waals surface area contributed by atoms with Crippen LogP contribution in [0.3, 0.4) is 0 Å². The Morgan fingerprint density at radius 3 is 2.85 bits per heavy atom. The van der Waals surface area contributed by atoms with Gasteiger partial charge in [0.15, 0.2) is 0 Å². The highest BCUT2D eigenvalue weighted by Gasteiger charge is 2.15. The minimum absolute atomic E-state index is 0.314. The Morgan fingerprint density at radius 1 is 1.20 bits per heavy atom. The number of hydrogen-bond acceptors (Lipinski definition) is 3. The molecule has 0 amide bonds. The summed E-state index contributed by atoms with van der Waals surface area (Å²) in [6.07, 6.45) is 2.10. The number of nitrogens with one attached hydrogen (secondary N) is 1. The molecule has 1 heterocycles. The molecule has 3 rings (SSSR count). The molecule has 2 aromatic carbocycles. The van der Waals surface area contributed by atoms with E-state index in [4.69, 9.17) is 17.0 Å². The molecule has 0 bridgehead atoms. The topological polar surface area (TPSA) is 21.3 Å². The summed E-state index contributed by atoms with van der Waals surface area (Å²) >= 11 is 5.01. The van der Waals surface area contributed by atoms with E-state index in [9.17, 15) is 0 Å². The molecule has 0 radical (unpaired) electrons. The van der Waals surface area contributed by atoms with Gasteiger partial charge in [-0.1, -0.05) is 42.5 Å². The second-order valence-electron chi connectivity index (χ2n) is 5.02. The van der Waals surface area contributed by atoms with Crippen LogP contribution in [0.1, 0.15) is 17.5 Å². The van der Waals surface area contributed by atoms with E-state index < -0.39 is 0 Å². The van der Waals surface area contributed by atoms with Gasteiger partial charge in [0.2, 0.25) is 0 Å². The summed E-state index contributed by atoms with van der Waals surface area (Å²) in [5.74, 6) is 0.926. The van der Waals surface area contributed by atoms with Gasteiger partial charge in [-0.15, -0.1) is 0 Å². The molecule has 1 aliphatic heterocycles. The first kappa shape index (κ1) is 13.1. The summed E-state index contributed by atoms with van der Waals surface area (Å²) in [5.41, 5.74) is 3.67. The van der Waals surface area contributed by atoms with Crippen molar-refractivity contribution in [1.29, 1.82) is 0 Å². The fourth-order valence-electron chi connectivity index (χ4n) is 2.43. The van der Waals surface area contributed by atoms with Crippen LogP contribution in [0.5, 0.6) is 5.75 Å². The molecule has 0 saturated carbocycles. The average Bonchev–Trinajstić information content (AvgIpc) is 2.53. The zero-order chi connectivity index (χ0) is 13.8. The van der Waals surface area contributed by atoms with Gasteiger partial charge < -0.3 is 10.1 Å². The minimum Gasteiger partial charge on any atom is -0.489 e. The molecule has 20 heavy (non-hydrogen) atoms. The van der Waals surface area contributed by atoms with Crippen molar-refractivity contribution in [3.63, 3.8) is 0 Å². The largest absolute Gasteiger partial charge is 0.489 e. The van der Waals surface area contributed by atoms with Crippen molar-refractivity contribution in [3.8, 4) is 5.75 Å². The Hall–Kier alpha value is -1.87. The van der Waals surface area contributed by atoms with E-state index in [-0.39, 0.29) is 0 Å². The van der Waals surface area contributed by atoms with Crippen LogP contribution >= 0.6 is 12.2 Å². The molecule has 1 aliphatic rings. The molecular formula is C17H17NOS. The fourth-order valence-corrected chi connectivity index (χ4v) is 2.64. The van der Waals surface area contributed by atoms with Crippen molar-refractivity contribution in [1.82, 2.24) is 0 Å². The number of aryl methyl sites for hydroxylation is 1. The normalized spacial score (nSPS) is 16.9. The standard InChI is InChI=1S/C17H17NOS/c20-12-15-7-6-14-10-16(8-9-17(14)18-15)19-11-13-4-2-1-3-5-13/h1-5,8-10,12,15,18H,6-7,11H2. The van der Waals surface area contributed by atoms with Crippen LogP contribution < -0.4 is 10.1 Å². The second kappa shape index (κ2) is 6.06. The van der Waals surface area contributed by atoms with Crippen molar-refractivity contribution >= 4 is 23.3 Å². The van der Waals surface area contributed by atoms with Crippen LogP contribution in [0.2, 0.25) is 0 Å². The number of ether oxygens (including phenoxy) is 1. The van der Waals surface area contributed by atoms with E-state index in [0.29, 0.717) is 12.6 Å². The number of benzene rings is 2. The van der Waals surface area contributed by atoms with Crippen LogP contribution in [-0.4, -0.2) is 11.4 Å². The fraction of sp³-hybridized carbons (Fsp3) is 0.235. The monoisotopic (exact) mass is 283 g/mol. The molecule has 0 fully saturated rings. The zero-order valence-electron chi connectivity index (χ0n) is 11.2. The van der Waals surface area contributed by atoms with E-state index in [1.54, 1.807) is 0 Å². The van der Waals surface area contributed by atoms with E-state index >= 15 is 0 Å². The third kappa shape index (κ3) is 2.99. The maximum absolute atomic E-state index is 5.86. The van der Waals surface area contributed by atoms with Crippen LogP contribution in [0, 0.1) is 0 Å². The molecule has 0 spiro atoms. The smallest absolute Gasteiger partial charge is 0.120 e. The van der Waals surface area contributed by atoms with Crippen molar-refractivity contribution in [2.45, 2.75) is 25.5 Å². The third-order valence-electron chi connectivity index (χ3n) is 3.55. The van der Waals surface area contributed by atoms with Crippen molar-refractivity contribution < 1.29 is 4.74 Å². The highest BCUT2D eigenvalue weighted by molar-refractivity contribution is 7.79. The molecule has 2 nitrogen and oxygen atoms in total. The van der Waals surface area contributed by atoms with Gasteiger partial charge in [-0.05, 0) is 42.2 Å². The van der Waals surface area contributed by atoms with E-state index in [2.05, 4.69) is 29.6 Å². The minimum atomic E-state index is 0.314. The van der Waals surface area contributed by atoms with E-state index in [1.807, 2.05) is 29.6 Å². The Morgan fingerprint density at radius 2 is 2.05 bits per heavy atom. The van der Waals surface area contributed by atoms with Gasteiger partial charge in [0.1, 0.15) is 12.4 Å². The van der Waals surface area contributed by atoms with Crippen molar-refractivity contribution in [2.75, 3.05) is 5.32 Å². The van der Waals surface area contributed by atoms with Gasteiger partial charge in [0, 0.05) is 11.1 Å². The van der Waals surface area contributed by atoms with Crippen molar-refractivity contribution in [2.24, 2.45) is 0 Å². The number of hydrogen-bond donors (Lipinski definition) is 1. The molecule has 102 valence electrons. The van der Waals surface area contributed by atoms with Crippen LogP contribution in [-0.2, 0) is 13.0 Å². The number of fused-ring (bicyclic) bond motifs is 1. The first-order valence-electron chi connectivity index (χ1n) is 6.86. The lowest BCUT2D eigenvalue weighted by atomic mass is 9.99. The number of anilines is 1. The Labute approximate surface area is 124 Å². The van der Waals surface area contributed by atoms with E-state index in [0.717, 1.165) is 18.6 Å². The molecule has 0 aromatic heterocycles. The van der Waals surface area contributed by atoms with Gasteiger partial charge in [-0.25, -0.2) is 0 Å². The van der Waals surface area contributed by atoms with Crippen LogP contribution in [0.4, 0.5) is 5.69 Å². The second-order valence-corrected chi connectivity index (χ2v) is 5.29. The predicted octanol–water partition coefficient (Wildman–Crippen LogP) is 3.99. The van der Waals surface area contributed by atoms with Gasteiger partial charge in [-0.3, -0.25) is 0 Å². The average molecular weight is 283 g/mol. The van der Waals surface area contributed by atoms with Gasteiger partial charge >= 0.3 is 0 Å². The van der Waals surface area contributed by atoms with Crippen molar-refractivity contribution in [3.05, 3.63) is 59.7 Å².